The third-order valence-corrected chi connectivity index (χ3v) is 1.63. The highest BCUT2D eigenvalue weighted by atomic mass is 19.4. The number of ether oxygens (including phenoxy) is 1. The third kappa shape index (κ3) is 3.66. The fourth-order valence-corrected chi connectivity index (χ4v) is 0.985. The van der Waals surface area contributed by atoms with Crippen molar-refractivity contribution in [2.75, 3.05) is 7.11 Å². The summed E-state index contributed by atoms with van der Waals surface area (Å²) in [6.07, 6.45) is -4.34. The average molecular weight is 205 g/mol. The minimum atomic E-state index is -4.34. The van der Waals surface area contributed by atoms with Gasteiger partial charge in [-0.25, -0.2) is 5.32 Å². The highest BCUT2D eigenvalue weighted by Gasteiger charge is 2.25. The van der Waals surface area contributed by atoms with Crippen molar-refractivity contribution in [1.82, 2.24) is 5.32 Å². The molecule has 0 aromatic heterocycles. The van der Waals surface area contributed by atoms with Crippen molar-refractivity contribution in [3.63, 3.8) is 0 Å². The van der Waals surface area contributed by atoms with Crippen LogP contribution in [0.1, 0.15) is 5.56 Å². The van der Waals surface area contributed by atoms with Crippen molar-refractivity contribution in [3.05, 3.63) is 29.8 Å². The van der Waals surface area contributed by atoms with Gasteiger partial charge in [-0.15, -0.1) is 0 Å². The Hall–Kier alpha value is -1.23. The second kappa shape index (κ2) is 4.32. The van der Waals surface area contributed by atoms with Crippen LogP contribution in [0.3, 0.4) is 0 Å². The van der Waals surface area contributed by atoms with E-state index in [4.69, 9.17) is 4.74 Å². The molecule has 5 heteroatoms. The number of benzene rings is 1. The smallest absolute Gasteiger partial charge is 0.457 e. The van der Waals surface area contributed by atoms with Crippen molar-refractivity contribution in [3.8, 4) is 5.75 Å². The van der Waals surface area contributed by atoms with E-state index in [1.165, 1.54) is 12.4 Å². The Morgan fingerprint density at radius 3 is 2.64 bits per heavy atom. The molecule has 1 aromatic carbocycles. The van der Waals surface area contributed by atoms with Gasteiger partial charge in [0.25, 0.3) is 0 Å². The number of hydrogen-bond donors (Lipinski definition) is 1. The zero-order valence-corrected chi connectivity index (χ0v) is 7.56. The largest absolute Gasteiger partial charge is 0.497 e. The molecule has 0 heterocycles. The van der Waals surface area contributed by atoms with Crippen LogP contribution < -0.4 is 10.1 Å². The van der Waals surface area contributed by atoms with Crippen molar-refractivity contribution < 1.29 is 17.9 Å². The van der Waals surface area contributed by atoms with Gasteiger partial charge in [-0.2, -0.15) is 13.2 Å². The van der Waals surface area contributed by atoms with E-state index >= 15 is 0 Å². The van der Waals surface area contributed by atoms with Crippen LogP contribution in [0.5, 0.6) is 5.75 Å². The molecule has 78 valence electrons. The van der Waals surface area contributed by atoms with Crippen LogP contribution >= 0.6 is 0 Å². The molecule has 1 N–H and O–H groups in total. The molecular formula is C9H10F3NO. The molecule has 0 aliphatic carbocycles. The fourth-order valence-electron chi connectivity index (χ4n) is 0.985. The Labute approximate surface area is 79.7 Å². The monoisotopic (exact) mass is 205 g/mol. The lowest BCUT2D eigenvalue weighted by Crippen LogP contribution is -2.30. The zero-order valence-electron chi connectivity index (χ0n) is 7.56. The Morgan fingerprint density at radius 2 is 2.07 bits per heavy atom. The molecule has 1 aromatic rings. The van der Waals surface area contributed by atoms with Gasteiger partial charge in [0.2, 0.25) is 0 Å². The van der Waals surface area contributed by atoms with Crippen LogP contribution in [0.25, 0.3) is 0 Å². The van der Waals surface area contributed by atoms with Crippen molar-refractivity contribution in [1.29, 1.82) is 0 Å². The quantitative estimate of drug-likeness (QED) is 0.764. The molecule has 0 aliphatic rings. The van der Waals surface area contributed by atoms with E-state index in [0.29, 0.717) is 11.3 Å². The van der Waals surface area contributed by atoms with Crippen molar-refractivity contribution in [2.45, 2.75) is 12.8 Å². The molecule has 0 atom stereocenters. The first-order valence-electron chi connectivity index (χ1n) is 3.96. The van der Waals surface area contributed by atoms with Crippen molar-refractivity contribution >= 4 is 0 Å². The number of halogens is 3. The van der Waals surface area contributed by atoms with Gasteiger partial charge in [-0.1, -0.05) is 12.1 Å². The maximum absolute atomic E-state index is 11.8. The molecule has 2 nitrogen and oxygen atoms in total. The molecule has 1 rings (SSSR count). The second-order valence-corrected chi connectivity index (χ2v) is 2.70. The molecule has 0 spiro atoms. The molecule has 0 unspecified atom stereocenters. The van der Waals surface area contributed by atoms with Gasteiger partial charge < -0.3 is 4.74 Å². The summed E-state index contributed by atoms with van der Waals surface area (Å²) in [5.74, 6) is 0.548. The number of alkyl halides is 3. The third-order valence-electron chi connectivity index (χ3n) is 1.63. The lowest BCUT2D eigenvalue weighted by molar-refractivity contribution is -0.158. The Kier molecular flexibility index (Phi) is 3.35. The van der Waals surface area contributed by atoms with Crippen LogP contribution in [0.15, 0.2) is 24.3 Å². The highest BCUT2D eigenvalue weighted by Crippen LogP contribution is 2.15. The van der Waals surface area contributed by atoms with Crippen LogP contribution in [-0.2, 0) is 6.54 Å². The van der Waals surface area contributed by atoms with Crippen molar-refractivity contribution in [2.24, 2.45) is 0 Å². The topological polar surface area (TPSA) is 21.3 Å². The minimum Gasteiger partial charge on any atom is -0.497 e. The summed E-state index contributed by atoms with van der Waals surface area (Å²) < 4.78 is 40.2. The number of rotatable bonds is 3. The molecule has 0 amide bonds. The van der Waals surface area contributed by atoms with E-state index in [1.54, 1.807) is 24.3 Å². The second-order valence-electron chi connectivity index (χ2n) is 2.70. The molecular weight excluding hydrogens is 195 g/mol. The number of methoxy groups -OCH3 is 1. The molecule has 0 fully saturated rings. The molecule has 0 bridgehead atoms. The average Bonchev–Trinajstić information content (AvgIpc) is 2.14. The first-order valence-corrected chi connectivity index (χ1v) is 3.96. The first-order chi connectivity index (χ1) is 6.51. The Morgan fingerprint density at radius 1 is 1.36 bits per heavy atom. The normalized spacial score (nSPS) is 11.4. The lowest BCUT2D eigenvalue weighted by Gasteiger charge is -2.09. The Bertz CT molecular complexity index is 298. The highest BCUT2D eigenvalue weighted by molar-refractivity contribution is 5.28. The van der Waals surface area contributed by atoms with Crippen LogP contribution in [0.2, 0.25) is 0 Å². The van der Waals surface area contributed by atoms with E-state index in [2.05, 4.69) is 0 Å². The maximum atomic E-state index is 11.8. The van der Waals surface area contributed by atoms with E-state index in [9.17, 15) is 13.2 Å². The zero-order chi connectivity index (χ0) is 10.6. The molecule has 0 saturated carbocycles. The maximum Gasteiger partial charge on any atom is 0.457 e. The summed E-state index contributed by atoms with van der Waals surface area (Å²) >= 11 is 0. The first kappa shape index (κ1) is 10.8. The summed E-state index contributed by atoms with van der Waals surface area (Å²) in [5, 5.41) is 1.43. The molecule has 0 saturated heterocycles. The molecule has 0 radical (unpaired) electrons. The molecule has 0 aliphatic heterocycles. The summed E-state index contributed by atoms with van der Waals surface area (Å²) in [4.78, 5) is 0. The van der Waals surface area contributed by atoms with Gasteiger partial charge in [0.15, 0.2) is 0 Å². The predicted molar refractivity (Wildman–Crippen MR) is 45.9 cm³/mol. The minimum absolute atomic E-state index is 0.249. The standard InChI is InChI=1S/C9H10F3NO/c1-14-8-4-2-3-7(5-8)6-13-9(10,11)12/h2-5,13H,6H2,1H3. The fraction of sp³-hybridized carbons (Fsp3) is 0.333. The van der Waals surface area contributed by atoms with Gasteiger partial charge in [-0.3, -0.25) is 0 Å². The predicted octanol–water partition coefficient (Wildman–Crippen LogP) is 2.30. The summed E-state index contributed by atoms with van der Waals surface area (Å²) in [7, 11) is 1.47. The SMILES string of the molecule is COc1cccc(CNC(F)(F)F)c1. The summed E-state index contributed by atoms with van der Waals surface area (Å²) in [6, 6.07) is 6.48. The number of hydrogen-bond acceptors (Lipinski definition) is 2. The van der Waals surface area contributed by atoms with Gasteiger partial charge in [0.05, 0.1) is 7.11 Å². The van der Waals surface area contributed by atoms with Crippen LogP contribution in [0.4, 0.5) is 13.2 Å². The van der Waals surface area contributed by atoms with Crippen LogP contribution in [0, 0.1) is 0 Å². The van der Waals surface area contributed by atoms with Gasteiger partial charge in [0, 0.05) is 6.54 Å². The van der Waals surface area contributed by atoms with E-state index in [1.807, 2.05) is 0 Å². The van der Waals surface area contributed by atoms with E-state index in [-0.39, 0.29) is 6.54 Å². The number of nitrogens with one attached hydrogen (secondary N) is 1. The lowest BCUT2D eigenvalue weighted by atomic mass is 10.2. The summed E-state index contributed by atoms with van der Waals surface area (Å²) in [6.45, 7) is -0.249. The van der Waals surface area contributed by atoms with Crippen LogP contribution in [-0.4, -0.2) is 13.4 Å². The van der Waals surface area contributed by atoms with E-state index < -0.39 is 6.30 Å². The summed E-state index contributed by atoms with van der Waals surface area (Å²) in [5.41, 5.74) is 0.529. The molecule has 14 heavy (non-hydrogen) atoms. The van der Waals surface area contributed by atoms with Gasteiger partial charge in [0.1, 0.15) is 5.75 Å². The Balaban J connectivity index is 2.59. The van der Waals surface area contributed by atoms with E-state index in [0.717, 1.165) is 0 Å². The van der Waals surface area contributed by atoms with Gasteiger partial charge in [-0.05, 0) is 17.7 Å². The van der Waals surface area contributed by atoms with Gasteiger partial charge >= 0.3 is 6.30 Å².